The van der Waals surface area contributed by atoms with Gasteiger partial charge in [0, 0.05) is 25.7 Å². The molecule has 0 bridgehead atoms. The standard InChI is InChI=1S/C77H150O17P2/c1-6-10-13-16-19-22-25-27-29-31-32-33-34-36-38-40-43-46-52-57-62-76(81)93-72(66-87-75(80)61-56-51-45-42-39-37-35-30-28-26-23-20-17-14-11-7-2)68-91-95(83,84)89-64-71(78)65-90-96(85,86)92-69-73(94-77(82)63-58-53-48-47-49-54-59-70(5)9-4)67-88-74(79)60-55-50-44-41-24-21-18-15-12-8-3/h70-73,78H,6-69H2,1-5H3,(H,83,84)(H,85,86)/t70?,71-,72-,73-/m1/s1. The molecule has 0 aliphatic heterocycles. The van der Waals surface area contributed by atoms with Crippen LogP contribution in [0.4, 0.5) is 0 Å². The fourth-order valence-corrected chi connectivity index (χ4v) is 13.4. The van der Waals surface area contributed by atoms with E-state index in [0.717, 1.165) is 95.8 Å². The molecule has 6 atom stereocenters. The molecule has 0 saturated carbocycles. The third-order valence-corrected chi connectivity index (χ3v) is 20.3. The van der Waals surface area contributed by atoms with Crippen molar-refractivity contribution in [3.05, 3.63) is 0 Å². The van der Waals surface area contributed by atoms with Crippen LogP contribution in [-0.2, 0) is 65.4 Å². The second-order valence-corrected chi connectivity index (χ2v) is 30.9. The maximum Gasteiger partial charge on any atom is 0.472 e. The maximum absolute atomic E-state index is 13.1. The molecule has 96 heavy (non-hydrogen) atoms. The predicted octanol–water partition coefficient (Wildman–Crippen LogP) is 22.9. The van der Waals surface area contributed by atoms with E-state index in [-0.39, 0.29) is 25.7 Å². The number of aliphatic hydroxyl groups is 1. The predicted molar refractivity (Wildman–Crippen MR) is 391 cm³/mol. The third kappa shape index (κ3) is 69.2. The first-order valence-corrected chi connectivity index (χ1v) is 43.2. The van der Waals surface area contributed by atoms with Gasteiger partial charge in [0.2, 0.25) is 0 Å². The van der Waals surface area contributed by atoms with Crippen LogP contribution in [0.5, 0.6) is 0 Å². The lowest BCUT2D eigenvalue weighted by Gasteiger charge is -2.21. The fraction of sp³-hybridized carbons (Fsp3) is 0.948. The molecule has 17 nitrogen and oxygen atoms in total. The number of esters is 4. The highest BCUT2D eigenvalue weighted by molar-refractivity contribution is 7.47. The van der Waals surface area contributed by atoms with Crippen molar-refractivity contribution in [1.82, 2.24) is 0 Å². The Hall–Kier alpha value is -1.94. The van der Waals surface area contributed by atoms with E-state index in [1.54, 1.807) is 0 Å². The zero-order valence-electron chi connectivity index (χ0n) is 62.5. The fourth-order valence-electron chi connectivity index (χ4n) is 11.8. The second-order valence-electron chi connectivity index (χ2n) is 28.0. The van der Waals surface area contributed by atoms with Crippen LogP contribution in [0.3, 0.4) is 0 Å². The van der Waals surface area contributed by atoms with E-state index in [4.69, 9.17) is 37.0 Å². The maximum atomic E-state index is 13.1. The van der Waals surface area contributed by atoms with Gasteiger partial charge in [-0.15, -0.1) is 0 Å². The first-order valence-electron chi connectivity index (χ1n) is 40.2. The van der Waals surface area contributed by atoms with Crippen LogP contribution >= 0.6 is 15.6 Å². The van der Waals surface area contributed by atoms with Gasteiger partial charge in [-0.1, -0.05) is 356 Å². The van der Waals surface area contributed by atoms with Gasteiger partial charge < -0.3 is 33.8 Å². The van der Waals surface area contributed by atoms with Crippen molar-refractivity contribution in [2.75, 3.05) is 39.6 Å². The quantitative estimate of drug-likeness (QED) is 0.0222. The Morgan fingerprint density at radius 3 is 0.740 bits per heavy atom. The average molecular weight is 1410 g/mol. The molecule has 0 spiro atoms. The van der Waals surface area contributed by atoms with Gasteiger partial charge in [0.1, 0.15) is 19.3 Å². The smallest absolute Gasteiger partial charge is 0.462 e. The Kier molecular flexibility index (Phi) is 68.7. The van der Waals surface area contributed by atoms with Gasteiger partial charge in [0.05, 0.1) is 26.4 Å². The molecule has 0 amide bonds. The van der Waals surface area contributed by atoms with Crippen molar-refractivity contribution < 1.29 is 80.2 Å². The molecule has 0 radical (unpaired) electrons. The number of aliphatic hydroxyl groups excluding tert-OH is 1. The molecule has 570 valence electrons. The highest BCUT2D eigenvalue weighted by Crippen LogP contribution is 2.45. The number of phosphoric ester groups is 2. The summed E-state index contributed by atoms with van der Waals surface area (Å²) in [5.41, 5.74) is 0. The minimum atomic E-state index is -4.96. The average Bonchev–Trinajstić information content (AvgIpc) is 1.72. The molecule has 0 aromatic heterocycles. The van der Waals surface area contributed by atoms with Crippen molar-refractivity contribution >= 4 is 39.5 Å². The van der Waals surface area contributed by atoms with E-state index in [1.807, 2.05) is 0 Å². The minimum absolute atomic E-state index is 0.104. The lowest BCUT2D eigenvalue weighted by atomic mass is 10.00. The Balaban J connectivity index is 5.20. The molecule has 0 aromatic carbocycles. The summed E-state index contributed by atoms with van der Waals surface area (Å²) in [5, 5.41) is 10.6. The molecule has 0 saturated heterocycles. The van der Waals surface area contributed by atoms with Crippen LogP contribution in [0.25, 0.3) is 0 Å². The van der Waals surface area contributed by atoms with Gasteiger partial charge in [0.25, 0.3) is 0 Å². The Bertz CT molecular complexity index is 1840. The lowest BCUT2D eigenvalue weighted by Crippen LogP contribution is -2.30. The first-order chi connectivity index (χ1) is 46.6. The van der Waals surface area contributed by atoms with Gasteiger partial charge in [0.15, 0.2) is 12.2 Å². The van der Waals surface area contributed by atoms with Crippen molar-refractivity contribution in [3.8, 4) is 0 Å². The van der Waals surface area contributed by atoms with E-state index in [9.17, 15) is 43.2 Å². The number of carbonyl (C=O) groups is 4. The van der Waals surface area contributed by atoms with E-state index in [1.165, 1.54) is 231 Å². The second kappa shape index (κ2) is 70.1. The lowest BCUT2D eigenvalue weighted by molar-refractivity contribution is -0.161. The molecule has 0 fully saturated rings. The number of phosphoric acid groups is 2. The molecule has 19 heteroatoms. The topological polar surface area (TPSA) is 237 Å². The van der Waals surface area contributed by atoms with Gasteiger partial charge in [-0.25, -0.2) is 9.13 Å². The van der Waals surface area contributed by atoms with E-state index in [0.29, 0.717) is 25.7 Å². The number of unbranched alkanes of at least 4 members (excludes halogenated alkanes) is 48. The summed E-state index contributed by atoms with van der Waals surface area (Å²) >= 11 is 0. The Morgan fingerprint density at radius 2 is 0.500 bits per heavy atom. The van der Waals surface area contributed by atoms with Crippen LogP contribution in [0.1, 0.15) is 407 Å². The number of carbonyl (C=O) groups excluding carboxylic acids is 4. The Labute approximate surface area is 588 Å². The van der Waals surface area contributed by atoms with Crippen molar-refractivity contribution in [2.45, 2.75) is 425 Å². The number of rotatable bonds is 77. The normalized spacial score (nSPS) is 14.2. The van der Waals surface area contributed by atoms with Crippen molar-refractivity contribution in [2.24, 2.45) is 5.92 Å². The zero-order chi connectivity index (χ0) is 70.5. The summed E-state index contributed by atoms with van der Waals surface area (Å²) in [4.78, 5) is 72.8. The minimum Gasteiger partial charge on any atom is -0.462 e. The molecule has 0 rings (SSSR count). The zero-order valence-corrected chi connectivity index (χ0v) is 64.3. The largest absolute Gasteiger partial charge is 0.472 e. The number of ether oxygens (including phenoxy) is 4. The summed E-state index contributed by atoms with van der Waals surface area (Å²) in [6.07, 6.45) is 59.8. The van der Waals surface area contributed by atoms with Gasteiger partial charge >= 0.3 is 39.5 Å². The molecule has 3 unspecified atom stereocenters. The van der Waals surface area contributed by atoms with Gasteiger partial charge in [-0.3, -0.25) is 37.3 Å². The van der Waals surface area contributed by atoms with Crippen LogP contribution in [-0.4, -0.2) is 96.7 Å². The van der Waals surface area contributed by atoms with Crippen LogP contribution in [0, 0.1) is 5.92 Å². The van der Waals surface area contributed by atoms with Gasteiger partial charge in [-0.2, -0.15) is 0 Å². The highest BCUT2D eigenvalue weighted by Gasteiger charge is 2.30. The van der Waals surface area contributed by atoms with Gasteiger partial charge in [-0.05, 0) is 31.6 Å². The number of hydrogen-bond acceptors (Lipinski definition) is 15. The molecule has 0 aliphatic carbocycles. The number of hydrogen-bond donors (Lipinski definition) is 3. The SMILES string of the molecule is CCCCCCCCCCCCCCCCCCCCCCC(=O)O[C@H](COC(=O)CCCCCCCCCCCCCCCCCC)COP(=O)(O)OC[C@@H](O)COP(=O)(O)OC[C@@H](COC(=O)CCCCCCCCCCCC)OC(=O)CCCCCCCCC(C)CC. The van der Waals surface area contributed by atoms with Crippen LogP contribution < -0.4 is 0 Å². The third-order valence-electron chi connectivity index (χ3n) is 18.4. The molecule has 3 N–H and O–H groups in total. The first kappa shape index (κ1) is 94.1. The Morgan fingerprint density at radius 1 is 0.292 bits per heavy atom. The van der Waals surface area contributed by atoms with Crippen molar-refractivity contribution in [1.29, 1.82) is 0 Å². The molecular formula is C77H150O17P2. The summed E-state index contributed by atoms with van der Waals surface area (Å²) < 4.78 is 68.5. The molecule has 0 aromatic rings. The van der Waals surface area contributed by atoms with E-state index in [2.05, 4.69) is 34.6 Å². The van der Waals surface area contributed by atoms with E-state index < -0.39 is 97.5 Å². The molecule has 0 heterocycles. The van der Waals surface area contributed by atoms with Crippen LogP contribution in [0.2, 0.25) is 0 Å². The molecule has 0 aliphatic rings. The molecular weight excluding hydrogens is 1260 g/mol. The van der Waals surface area contributed by atoms with Crippen LogP contribution in [0.15, 0.2) is 0 Å². The summed E-state index contributed by atoms with van der Waals surface area (Å²) in [6.45, 7) is 7.24. The van der Waals surface area contributed by atoms with E-state index >= 15 is 0 Å². The highest BCUT2D eigenvalue weighted by atomic mass is 31.2. The summed E-state index contributed by atoms with van der Waals surface area (Å²) in [7, 11) is -9.91. The summed E-state index contributed by atoms with van der Waals surface area (Å²) in [5.74, 6) is -1.40. The monoisotopic (exact) mass is 1410 g/mol. The van der Waals surface area contributed by atoms with Crippen molar-refractivity contribution in [3.63, 3.8) is 0 Å². The summed E-state index contributed by atoms with van der Waals surface area (Å²) in [6, 6.07) is 0.